The topological polar surface area (TPSA) is 29.1 Å². The van der Waals surface area contributed by atoms with Crippen molar-refractivity contribution in [2.45, 2.75) is 13.5 Å². The standard InChI is InChI=1S/C13H12FNOS/c1-9-4-5-10(7-12(9)14)13(16)15-8-11-3-2-6-17-11/h2-7H,8H2,1H3,(H,15,16). The maximum atomic E-state index is 13.3. The summed E-state index contributed by atoms with van der Waals surface area (Å²) in [7, 11) is 0. The SMILES string of the molecule is Cc1ccc(C(=O)NCc2cccs2)cc1F. The molecule has 0 unspecified atom stereocenters. The molecule has 0 aliphatic carbocycles. The molecule has 0 radical (unpaired) electrons. The van der Waals surface area contributed by atoms with Crippen LogP contribution in [0.2, 0.25) is 0 Å². The molecule has 0 saturated carbocycles. The van der Waals surface area contributed by atoms with Gasteiger partial charge in [-0.15, -0.1) is 11.3 Å². The first kappa shape index (κ1) is 11.8. The first-order chi connectivity index (χ1) is 8.16. The van der Waals surface area contributed by atoms with Crippen LogP contribution >= 0.6 is 11.3 Å². The van der Waals surface area contributed by atoms with Gasteiger partial charge in [0.05, 0.1) is 6.54 Å². The van der Waals surface area contributed by atoms with Crippen LogP contribution < -0.4 is 5.32 Å². The van der Waals surface area contributed by atoms with E-state index in [0.717, 1.165) is 4.88 Å². The molecule has 88 valence electrons. The molecule has 4 heteroatoms. The van der Waals surface area contributed by atoms with Crippen LogP contribution in [0.3, 0.4) is 0 Å². The number of nitrogens with one attached hydrogen (secondary N) is 1. The molecule has 0 aliphatic rings. The highest BCUT2D eigenvalue weighted by Gasteiger charge is 2.07. The van der Waals surface area contributed by atoms with Crippen molar-refractivity contribution in [1.82, 2.24) is 5.32 Å². The molecule has 2 aromatic rings. The summed E-state index contributed by atoms with van der Waals surface area (Å²) in [5.41, 5.74) is 0.893. The highest BCUT2D eigenvalue weighted by molar-refractivity contribution is 7.09. The van der Waals surface area contributed by atoms with Crippen molar-refractivity contribution in [3.05, 3.63) is 57.5 Å². The summed E-state index contributed by atoms with van der Waals surface area (Å²) < 4.78 is 13.3. The van der Waals surface area contributed by atoms with Crippen LogP contribution in [0.15, 0.2) is 35.7 Å². The van der Waals surface area contributed by atoms with E-state index in [1.807, 2.05) is 17.5 Å². The van der Waals surface area contributed by atoms with Crippen molar-refractivity contribution in [2.75, 3.05) is 0 Å². The number of thiophene rings is 1. The fourth-order valence-corrected chi connectivity index (χ4v) is 2.06. The minimum atomic E-state index is -0.353. The number of carbonyl (C=O) groups is 1. The molecule has 0 spiro atoms. The average Bonchev–Trinajstić information content (AvgIpc) is 2.82. The van der Waals surface area contributed by atoms with Gasteiger partial charge in [-0.3, -0.25) is 4.79 Å². The second-order valence-corrected chi connectivity index (χ2v) is 4.76. The summed E-state index contributed by atoms with van der Waals surface area (Å²) in [6.07, 6.45) is 0. The number of aryl methyl sites for hydroxylation is 1. The molecule has 0 aliphatic heterocycles. The first-order valence-electron chi connectivity index (χ1n) is 5.23. The highest BCUT2D eigenvalue weighted by Crippen LogP contribution is 2.11. The summed E-state index contributed by atoms with van der Waals surface area (Å²) in [5.74, 6) is -0.605. The van der Waals surface area contributed by atoms with Crippen LogP contribution in [0.1, 0.15) is 20.8 Å². The van der Waals surface area contributed by atoms with E-state index < -0.39 is 0 Å². The molecule has 0 bridgehead atoms. The summed E-state index contributed by atoms with van der Waals surface area (Å²) in [4.78, 5) is 12.8. The molecule has 0 atom stereocenters. The lowest BCUT2D eigenvalue weighted by atomic mass is 10.1. The Balaban J connectivity index is 2.02. The molecule has 2 rings (SSSR count). The van der Waals surface area contributed by atoms with E-state index in [0.29, 0.717) is 17.7 Å². The fourth-order valence-electron chi connectivity index (χ4n) is 1.42. The monoisotopic (exact) mass is 249 g/mol. The van der Waals surface area contributed by atoms with Crippen LogP contribution in [0.5, 0.6) is 0 Å². The average molecular weight is 249 g/mol. The van der Waals surface area contributed by atoms with E-state index >= 15 is 0 Å². The molecule has 2 nitrogen and oxygen atoms in total. The number of halogens is 1. The van der Waals surface area contributed by atoms with E-state index in [2.05, 4.69) is 5.32 Å². The second kappa shape index (κ2) is 5.10. The molecule has 0 fully saturated rings. The third-order valence-corrected chi connectivity index (χ3v) is 3.31. The Labute approximate surface area is 103 Å². The largest absolute Gasteiger partial charge is 0.347 e. The van der Waals surface area contributed by atoms with Gasteiger partial charge in [0.1, 0.15) is 5.82 Å². The lowest BCUT2D eigenvalue weighted by molar-refractivity contribution is 0.0951. The maximum Gasteiger partial charge on any atom is 0.251 e. The first-order valence-corrected chi connectivity index (χ1v) is 6.11. The molecular weight excluding hydrogens is 237 g/mol. The van der Waals surface area contributed by atoms with Gasteiger partial charge in [0.2, 0.25) is 0 Å². The number of carbonyl (C=O) groups excluding carboxylic acids is 1. The van der Waals surface area contributed by atoms with Crippen molar-refractivity contribution >= 4 is 17.2 Å². The molecule has 1 N–H and O–H groups in total. The lowest BCUT2D eigenvalue weighted by Crippen LogP contribution is -2.22. The zero-order valence-corrected chi connectivity index (χ0v) is 10.2. The quantitative estimate of drug-likeness (QED) is 0.889. The predicted octanol–water partition coefficient (Wildman–Crippen LogP) is 3.13. The number of benzene rings is 1. The third kappa shape index (κ3) is 2.91. The summed E-state index contributed by atoms with van der Waals surface area (Å²) in [6.45, 7) is 2.15. The Morgan fingerprint density at radius 2 is 2.24 bits per heavy atom. The number of hydrogen-bond donors (Lipinski definition) is 1. The predicted molar refractivity (Wildman–Crippen MR) is 66.6 cm³/mol. The van der Waals surface area contributed by atoms with Crippen molar-refractivity contribution < 1.29 is 9.18 Å². The Kier molecular flexibility index (Phi) is 3.54. The highest BCUT2D eigenvalue weighted by atomic mass is 32.1. The van der Waals surface area contributed by atoms with Crippen LogP contribution in [0.4, 0.5) is 4.39 Å². The van der Waals surface area contributed by atoms with E-state index in [4.69, 9.17) is 0 Å². The minimum absolute atomic E-state index is 0.252. The Morgan fingerprint density at radius 1 is 1.41 bits per heavy atom. The van der Waals surface area contributed by atoms with Crippen LogP contribution in [-0.4, -0.2) is 5.91 Å². The van der Waals surface area contributed by atoms with E-state index in [-0.39, 0.29) is 11.7 Å². The van der Waals surface area contributed by atoms with Gasteiger partial charge in [-0.1, -0.05) is 12.1 Å². The van der Waals surface area contributed by atoms with Crippen molar-refractivity contribution in [1.29, 1.82) is 0 Å². The number of hydrogen-bond acceptors (Lipinski definition) is 2. The van der Waals surface area contributed by atoms with E-state index in [9.17, 15) is 9.18 Å². The van der Waals surface area contributed by atoms with Gasteiger partial charge in [-0.2, -0.15) is 0 Å². The Hall–Kier alpha value is -1.68. The van der Waals surface area contributed by atoms with Gasteiger partial charge in [-0.05, 0) is 36.1 Å². The van der Waals surface area contributed by atoms with Crippen molar-refractivity contribution in [3.63, 3.8) is 0 Å². The zero-order chi connectivity index (χ0) is 12.3. The van der Waals surface area contributed by atoms with Gasteiger partial charge in [0, 0.05) is 10.4 Å². The van der Waals surface area contributed by atoms with E-state index in [1.54, 1.807) is 30.4 Å². The normalized spacial score (nSPS) is 10.2. The van der Waals surface area contributed by atoms with Crippen molar-refractivity contribution in [3.8, 4) is 0 Å². The molecule has 1 heterocycles. The molecule has 1 amide bonds. The fraction of sp³-hybridized carbons (Fsp3) is 0.154. The zero-order valence-electron chi connectivity index (χ0n) is 9.37. The smallest absolute Gasteiger partial charge is 0.251 e. The summed E-state index contributed by atoms with van der Waals surface area (Å²) in [5, 5.41) is 4.70. The van der Waals surface area contributed by atoms with Gasteiger partial charge in [0.15, 0.2) is 0 Å². The maximum absolute atomic E-state index is 13.3. The Bertz CT molecular complexity index is 522. The summed E-state index contributed by atoms with van der Waals surface area (Å²) >= 11 is 1.58. The number of rotatable bonds is 3. The second-order valence-electron chi connectivity index (χ2n) is 3.73. The van der Waals surface area contributed by atoms with Gasteiger partial charge >= 0.3 is 0 Å². The van der Waals surface area contributed by atoms with Crippen LogP contribution in [0.25, 0.3) is 0 Å². The van der Waals surface area contributed by atoms with Crippen LogP contribution in [0, 0.1) is 12.7 Å². The van der Waals surface area contributed by atoms with Gasteiger partial charge < -0.3 is 5.32 Å². The molecule has 0 saturated heterocycles. The lowest BCUT2D eigenvalue weighted by Gasteiger charge is -2.04. The number of amides is 1. The molecule has 1 aromatic carbocycles. The third-order valence-electron chi connectivity index (χ3n) is 2.44. The Morgan fingerprint density at radius 3 is 2.88 bits per heavy atom. The van der Waals surface area contributed by atoms with Gasteiger partial charge in [-0.25, -0.2) is 4.39 Å². The molecular formula is C13H12FNOS. The van der Waals surface area contributed by atoms with Gasteiger partial charge in [0.25, 0.3) is 5.91 Å². The van der Waals surface area contributed by atoms with Crippen molar-refractivity contribution in [2.24, 2.45) is 0 Å². The minimum Gasteiger partial charge on any atom is -0.347 e. The molecule has 1 aromatic heterocycles. The summed E-state index contributed by atoms with van der Waals surface area (Å²) in [6, 6.07) is 8.37. The van der Waals surface area contributed by atoms with E-state index in [1.165, 1.54) is 6.07 Å². The van der Waals surface area contributed by atoms with Crippen LogP contribution in [-0.2, 0) is 6.54 Å². The molecule has 17 heavy (non-hydrogen) atoms.